The van der Waals surface area contributed by atoms with Gasteiger partial charge in [0.1, 0.15) is 0 Å². The molecule has 0 aliphatic rings. The minimum atomic E-state index is -0.204. The summed E-state index contributed by atoms with van der Waals surface area (Å²) in [5.74, 6) is 1.01. The highest BCUT2D eigenvalue weighted by atomic mass is 79.9. The van der Waals surface area contributed by atoms with Gasteiger partial charge in [-0.3, -0.25) is 0 Å². The van der Waals surface area contributed by atoms with Gasteiger partial charge in [0.15, 0.2) is 0 Å². The Labute approximate surface area is 119 Å². The number of aliphatic hydroxyl groups excluding tert-OH is 1. The summed E-state index contributed by atoms with van der Waals surface area (Å²) in [6, 6.07) is 8.46. The van der Waals surface area contributed by atoms with Crippen molar-refractivity contribution in [3.05, 3.63) is 34.3 Å². The molecule has 0 spiro atoms. The third-order valence-corrected chi connectivity index (χ3v) is 3.60. The Balaban J connectivity index is 2.31. The molecular weight excluding hydrogens is 290 g/mol. The largest absolute Gasteiger partial charge is 0.393 e. The van der Waals surface area contributed by atoms with Gasteiger partial charge >= 0.3 is 0 Å². The van der Waals surface area contributed by atoms with Crippen LogP contribution in [-0.4, -0.2) is 24.3 Å². The van der Waals surface area contributed by atoms with Crippen LogP contribution >= 0.6 is 15.9 Å². The third-order valence-electron chi connectivity index (χ3n) is 3.10. The van der Waals surface area contributed by atoms with Crippen molar-refractivity contribution >= 4 is 15.9 Å². The molecule has 1 rings (SSSR count). The molecule has 3 unspecified atom stereocenters. The monoisotopic (exact) mass is 313 g/mol. The van der Waals surface area contributed by atoms with Crippen LogP contribution in [0.5, 0.6) is 0 Å². The van der Waals surface area contributed by atoms with Gasteiger partial charge in [0.05, 0.1) is 6.10 Å². The van der Waals surface area contributed by atoms with Crippen molar-refractivity contribution in [2.24, 2.45) is 5.92 Å². The smallest absolute Gasteiger partial charge is 0.0515 e. The highest BCUT2D eigenvalue weighted by molar-refractivity contribution is 9.10. The fourth-order valence-corrected chi connectivity index (χ4v) is 2.56. The fraction of sp³-hybridized carbons (Fsp3) is 0.600. The predicted octanol–water partition coefficient (Wildman–Crippen LogP) is 3.55. The zero-order chi connectivity index (χ0) is 13.5. The first-order chi connectivity index (χ1) is 8.49. The van der Waals surface area contributed by atoms with Crippen LogP contribution < -0.4 is 5.32 Å². The van der Waals surface area contributed by atoms with E-state index in [9.17, 15) is 5.11 Å². The lowest BCUT2D eigenvalue weighted by Crippen LogP contribution is -2.26. The predicted molar refractivity (Wildman–Crippen MR) is 80.9 cm³/mol. The molecule has 0 amide bonds. The number of halogens is 1. The maximum absolute atomic E-state index is 9.31. The summed E-state index contributed by atoms with van der Waals surface area (Å²) in [7, 11) is 0. The number of hydrogen-bond acceptors (Lipinski definition) is 2. The van der Waals surface area contributed by atoms with Gasteiger partial charge in [-0.25, -0.2) is 0 Å². The van der Waals surface area contributed by atoms with Crippen LogP contribution in [0.15, 0.2) is 28.7 Å². The Bertz CT molecular complexity index is 354. The van der Waals surface area contributed by atoms with E-state index in [2.05, 4.69) is 53.3 Å². The first-order valence-corrected chi connectivity index (χ1v) is 7.42. The average molecular weight is 314 g/mol. The molecule has 0 heterocycles. The first-order valence-electron chi connectivity index (χ1n) is 6.63. The Morgan fingerprint density at radius 1 is 1.22 bits per heavy atom. The van der Waals surface area contributed by atoms with Crippen LogP contribution in [0.25, 0.3) is 0 Å². The summed E-state index contributed by atoms with van der Waals surface area (Å²) in [5, 5.41) is 12.8. The van der Waals surface area contributed by atoms with Crippen LogP contribution in [-0.2, 0) is 0 Å². The van der Waals surface area contributed by atoms with Crippen molar-refractivity contribution in [2.45, 2.75) is 39.2 Å². The van der Waals surface area contributed by atoms with Crippen molar-refractivity contribution in [3.63, 3.8) is 0 Å². The summed E-state index contributed by atoms with van der Waals surface area (Å²) in [4.78, 5) is 0. The molecule has 2 N–H and O–H groups in total. The quantitative estimate of drug-likeness (QED) is 0.807. The van der Waals surface area contributed by atoms with E-state index in [1.807, 2.05) is 13.0 Å². The van der Waals surface area contributed by atoms with Crippen molar-refractivity contribution in [2.75, 3.05) is 13.1 Å². The Morgan fingerprint density at radius 3 is 2.56 bits per heavy atom. The topological polar surface area (TPSA) is 32.3 Å². The van der Waals surface area contributed by atoms with E-state index in [0.29, 0.717) is 11.8 Å². The van der Waals surface area contributed by atoms with Crippen molar-refractivity contribution in [3.8, 4) is 0 Å². The molecule has 3 atom stereocenters. The molecule has 0 bridgehead atoms. The Hall–Kier alpha value is -0.380. The zero-order valence-corrected chi connectivity index (χ0v) is 13.1. The van der Waals surface area contributed by atoms with Crippen LogP contribution in [0.4, 0.5) is 0 Å². The number of hydrogen-bond donors (Lipinski definition) is 2. The summed E-state index contributed by atoms with van der Waals surface area (Å²) in [5.41, 5.74) is 1.35. The second kappa shape index (κ2) is 7.93. The standard InChI is InChI=1S/C15H24BrNO/c1-11(7-13(3)18)9-17-10-12(2)14-5-4-6-15(16)8-14/h4-6,8,11-13,17-18H,7,9-10H2,1-3H3. The van der Waals surface area contributed by atoms with Crippen LogP contribution in [0, 0.1) is 5.92 Å². The molecule has 1 aromatic rings. The maximum atomic E-state index is 9.31. The Kier molecular flexibility index (Phi) is 6.90. The summed E-state index contributed by atoms with van der Waals surface area (Å²) >= 11 is 3.50. The third kappa shape index (κ3) is 5.98. The normalized spacial score (nSPS) is 16.3. The number of rotatable bonds is 7. The highest BCUT2D eigenvalue weighted by Gasteiger charge is 2.08. The van der Waals surface area contributed by atoms with Crippen LogP contribution in [0.1, 0.15) is 38.7 Å². The first kappa shape index (κ1) is 15.7. The van der Waals surface area contributed by atoms with Gasteiger partial charge in [-0.05, 0) is 49.4 Å². The fourth-order valence-electron chi connectivity index (χ4n) is 2.14. The SMILES string of the molecule is CC(O)CC(C)CNCC(C)c1cccc(Br)c1. The average Bonchev–Trinajstić information content (AvgIpc) is 2.27. The molecule has 0 radical (unpaired) electrons. The maximum Gasteiger partial charge on any atom is 0.0515 e. The lowest BCUT2D eigenvalue weighted by molar-refractivity contribution is 0.163. The zero-order valence-electron chi connectivity index (χ0n) is 11.5. The molecule has 0 fully saturated rings. The van der Waals surface area contributed by atoms with E-state index in [1.165, 1.54) is 5.56 Å². The summed E-state index contributed by atoms with van der Waals surface area (Å²) < 4.78 is 1.13. The number of nitrogens with one attached hydrogen (secondary N) is 1. The molecule has 0 saturated heterocycles. The second-order valence-electron chi connectivity index (χ2n) is 5.30. The van der Waals surface area contributed by atoms with Crippen molar-refractivity contribution < 1.29 is 5.11 Å². The molecule has 1 aromatic carbocycles. The van der Waals surface area contributed by atoms with Crippen LogP contribution in [0.2, 0.25) is 0 Å². The molecule has 18 heavy (non-hydrogen) atoms. The molecule has 0 saturated carbocycles. The van der Waals surface area contributed by atoms with E-state index in [0.717, 1.165) is 24.0 Å². The highest BCUT2D eigenvalue weighted by Crippen LogP contribution is 2.19. The van der Waals surface area contributed by atoms with Crippen LogP contribution in [0.3, 0.4) is 0 Å². The second-order valence-corrected chi connectivity index (χ2v) is 6.22. The van der Waals surface area contributed by atoms with Gasteiger partial charge in [0, 0.05) is 11.0 Å². The van der Waals surface area contributed by atoms with E-state index < -0.39 is 0 Å². The summed E-state index contributed by atoms with van der Waals surface area (Å²) in [6.45, 7) is 8.18. The van der Waals surface area contributed by atoms with E-state index in [1.54, 1.807) is 0 Å². The van der Waals surface area contributed by atoms with E-state index in [4.69, 9.17) is 0 Å². The minimum Gasteiger partial charge on any atom is -0.393 e. The van der Waals surface area contributed by atoms with E-state index >= 15 is 0 Å². The van der Waals surface area contributed by atoms with Gasteiger partial charge in [0.25, 0.3) is 0 Å². The molecular formula is C15H24BrNO. The lowest BCUT2D eigenvalue weighted by atomic mass is 10.0. The number of aliphatic hydroxyl groups is 1. The Morgan fingerprint density at radius 2 is 1.94 bits per heavy atom. The van der Waals surface area contributed by atoms with Gasteiger partial charge in [-0.1, -0.05) is 41.9 Å². The number of benzene rings is 1. The molecule has 102 valence electrons. The lowest BCUT2D eigenvalue weighted by Gasteiger charge is -2.17. The van der Waals surface area contributed by atoms with Crippen molar-refractivity contribution in [1.82, 2.24) is 5.32 Å². The minimum absolute atomic E-state index is 0.204. The molecule has 0 aliphatic heterocycles. The molecule has 2 nitrogen and oxygen atoms in total. The van der Waals surface area contributed by atoms with E-state index in [-0.39, 0.29) is 6.10 Å². The molecule has 3 heteroatoms. The summed E-state index contributed by atoms with van der Waals surface area (Å²) in [6.07, 6.45) is 0.655. The molecule has 0 aromatic heterocycles. The van der Waals surface area contributed by atoms with Gasteiger partial charge < -0.3 is 10.4 Å². The van der Waals surface area contributed by atoms with Gasteiger partial charge in [0.2, 0.25) is 0 Å². The van der Waals surface area contributed by atoms with Crippen molar-refractivity contribution in [1.29, 1.82) is 0 Å². The van der Waals surface area contributed by atoms with Gasteiger partial charge in [-0.15, -0.1) is 0 Å². The van der Waals surface area contributed by atoms with Gasteiger partial charge in [-0.2, -0.15) is 0 Å². The molecule has 0 aliphatic carbocycles.